The van der Waals surface area contributed by atoms with E-state index in [-0.39, 0.29) is 11.9 Å². The Balaban J connectivity index is 1.59. The Kier molecular flexibility index (Phi) is 5.25. The van der Waals surface area contributed by atoms with Gasteiger partial charge in [-0.2, -0.15) is 0 Å². The van der Waals surface area contributed by atoms with E-state index in [1.807, 2.05) is 24.3 Å². The monoisotopic (exact) mass is 375 g/mol. The lowest BCUT2D eigenvalue weighted by Crippen LogP contribution is -2.42. The SMILES string of the molecule is O=C(NC1CCNCC1)c1ccc(Oc2ccc(Br)cc2)nc1. The molecule has 120 valence electrons. The predicted molar refractivity (Wildman–Crippen MR) is 91.8 cm³/mol. The summed E-state index contributed by atoms with van der Waals surface area (Å²) in [6.07, 6.45) is 3.47. The van der Waals surface area contributed by atoms with Gasteiger partial charge in [-0.25, -0.2) is 4.98 Å². The molecule has 0 atom stereocenters. The number of halogens is 1. The average molecular weight is 376 g/mol. The van der Waals surface area contributed by atoms with Crippen LogP contribution in [0.4, 0.5) is 0 Å². The van der Waals surface area contributed by atoms with Crippen LogP contribution in [0.2, 0.25) is 0 Å². The second-order valence-corrected chi connectivity index (χ2v) is 6.35. The molecule has 1 fully saturated rings. The molecular formula is C17H18BrN3O2. The molecule has 5 nitrogen and oxygen atoms in total. The van der Waals surface area contributed by atoms with Gasteiger partial charge in [0.1, 0.15) is 5.75 Å². The smallest absolute Gasteiger partial charge is 0.253 e. The number of nitrogens with one attached hydrogen (secondary N) is 2. The number of hydrogen-bond acceptors (Lipinski definition) is 4. The van der Waals surface area contributed by atoms with Gasteiger partial charge in [-0.15, -0.1) is 0 Å². The third kappa shape index (κ3) is 4.53. The largest absolute Gasteiger partial charge is 0.439 e. The zero-order chi connectivity index (χ0) is 16.1. The molecule has 2 heterocycles. The number of rotatable bonds is 4. The summed E-state index contributed by atoms with van der Waals surface area (Å²) < 4.78 is 6.63. The Morgan fingerprint density at radius 2 is 1.91 bits per heavy atom. The highest BCUT2D eigenvalue weighted by Gasteiger charge is 2.16. The van der Waals surface area contributed by atoms with Crippen molar-refractivity contribution in [3.63, 3.8) is 0 Å². The summed E-state index contributed by atoms with van der Waals surface area (Å²) in [6, 6.07) is 11.2. The number of amides is 1. The first-order valence-corrected chi connectivity index (χ1v) is 8.41. The quantitative estimate of drug-likeness (QED) is 0.861. The molecule has 0 aliphatic carbocycles. The minimum absolute atomic E-state index is 0.0837. The maximum atomic E-state index is 12.2. The molecule has 0 saturated carbocycles. The van der Waals surface area contributed by atoms with Gasteiger partial charge in [-0.1, -0.05) is 15.9 Å². The van der Waals surface area contributed by atoms with Crippen molar-refractivity contribution >= 4 is 21.8 Å². The van der Waals surface area contributed by atoms with E-state index in [1.165, 1.54) is 0 Å². The van der Waals surface area contributed by atoms with Crippen molar-refractivity contribution in [3.8, 4) is 11.6 Å². The van der Waals surface area contributed by atoms with E-state index in [4.69, 9.17) is 4.74 Å². The third-order valence-corrected chi connectivity index (χ3v) is 4.24. The zero-order valence-electron chi connectivity index (χ0n) is 12.6. The molecule has 0 unspecified atom stereocenters. The Labute approximate surface area is 143 Å². The van der Waals surface area contributed by atoms with Crippen LogP contribution in [0.5, 0.6) is 11.6 Å². The highest BCUT2D eigenvalue weighted by atomic mass is 79.9. The van der Waals surface area contributed by atoms with E-state index in [0.29, 0.717) is 17.2 Å². The van der Waals surface area contributed by atoms with Gasteiger partial charge >= 0.3 is 0 Å². The lowest BCUT2D eigenvalue weighted by molar-refractivity contribution is 0.0929. The summed E-state index contributed by atoms with van der Waals surface area (Å²) in [7, 11) is 0. The molecule has 1 aromatic heterocycles. The second-order valence-electron chi connectivity index (χ2n) is 5.44. The van der Waals surface area contributed by atoms with Crippen LogP contribution >= 0.6 is 15.9 Å². The first-order chi connectivity index (χ1) is 11.2. The van der Waals surface area contributed by atoms with Crippen molar-refractivity contribution in [1.29, 1.82) is 0 Å². The Hall–Kier alpha value is -1.92. The lowest BCUT2D eigenvalue weighted by Gasteiger charge is -2.23. The number of pyridine rings is 1. The minimum atomic E-state index is -0.0837. The molecule has 1 aliphatic rings. The third-order valence-electron chi connectivity index (χ3n) is 3.71. The number of benzene rings is 1. The summed E-state index contributed by atoms with van der Waals surface area (Å²) in [6.45, 7) is 1.90. The highest BCUT2D eigenvalue weighted by Crippen LogP contribution is 2.21. The molecule has 2 N–H and O–H groups in total. The van der Waals surface area contributed by atoms with Crippen molar-refractivity contribution < 1.29 is 9.53 Å². The first-order valence-electron chi connectivity index (χ1n) is 7.62. The fourth-order valence-electron chi connectivity index (χ4n) is 2.43. The van der Waals surface area contributed by atoms with Crippen LogP contribution in [0.15, 0.2) is 47.1 Å². The Bertz CT molecular complexity index is 653. The van der Waals surface area contributed by atoms with Gasteiger partial charge in [0.05, 0.1) is 5.56 Å². The summed E-state index contributed by atoms with van der Waals surface area (Å²) in [5, 5.41) is 6.32. The molecule has 6 heteroatoms. The van der Waals surface area contributed by atoms with Crippen LogP contribution in [-0.2, 0) is 0 Å². The number of piperidine rings is 1. The summed E-state index contributed by atoms with van der Waals surface area (Å²) in [4.78, 5) is 16.4. The zero-order valence-corrected chi connectivity index (χ0v) is 14.2. The number of ether oxygens (including phenoxy) is 1. The van der Waals surface area contributed by atoms with Gasteiger partial charge in [0.15, 0.2) is 0 Å². The number of aromatic nitrogens is 1. The molecule has 23 heavy (non-hydrogen) atoms. The van der Waals surface area contributed by atoms with E-state index in [9.17, 15) is 4.79 Å². The fraction of sp³-hybridized carbons (Fsp3) is 0.294. The average Bonchev–Trinajstić information content (AvgIpc) is 2.58. The van der Waals surface area contributed by atoms with Gasteiger partial charge in [-0.05, 0) is 56.3 Å². The second kappa shape index (κ2) is 7.57. The van der Waals surface area contributed by atoms with Gasteiger partial charge < -0.3 is 15.4 Å². The van der Waals surface area contributed by atoms with Crippen molar-refractivity contribution in [2.24, 2.45) is 0 Å². The maximum Gasteiger partial charge on any atom is 0.253 e. The van der Waals surface area contributed by atoms with Gasteiger partial charge in [-0.3, -0.25) is 4.79 Å². The number of carbonyl (C=O) groups is 1. The number of nitrogens with zero attached hydrogens (tertiary/aromatic N) is 1. The molecular weight excluding hydrogens is 358 g/mol. The molecule has 1 amide bonds. The molecule has 0 radical (unpaired) electrons. The molecule has 0 bridgehead atoms. The molecule has 0 spiro atoms. The van der Waals surface area contributed by atoms with Crippen LogP contribution in [0.1, 0.15) is 23.2 Å². The van der Waals surface area contributed by atoms with E-state index >= 15 is 0 Å². The standard InChI is InChI=1S/C17H18BrN3O2/c18-13-2-4-15(5-3-13)23-16-6-1-12(11-20-16)17(22)21-14-7-9-19-10-8-14/h1-6,11,14,19H,7-10H2,(H,21,22). The fourth-order valence-corrected chi connectivity index (χ4v) is 2.70. The summed E-state index contributed by atoms with van der Waals surface area (Å²) in [5.41, 5.74) is 0.548. The van der Waals surface area contributed by atoms with Crippen LogP contribution in [0.3, 0.4) is 0 Å². The van der Waals surface area contributed by atoms with Crippen molar-refractivity contribution in [2.45, 2.75) is 18.9 Å². The predicted octanol–water partition coefficient (Wildman–Crippen LogP) is 3.12. The molecule has 1 aromatic carbocycles. The molecule has 1 aliphatic heterocycles. The van der Waals surface area contributed by atoms with Crippen molar-refractivity contribution in [2.75, 3.05) is 13.1 Å². The summed E-state index contributed by atoms with van der Waals surface area (Å²) in [5.74, 6) is 1.08. The lowest BCUT2D eigenvalue weighted by atomic mass is 10.1. The van der Waals surface area contributed by atoms with Crippen LogP contribution in [0, 0.1) is 0 Å². The number of hydrogen-bond donors (Lipinski definition) is 2. The first kappa shape index (κ1) is 16.0. The minimum Gasteiger partial charge on any atom is -0.439 e. The van der Waals surface area contributed by atoms with E-state index in [1.54, 1.807) is 18.3 Å². The van der Waals surface area contributed by atoms with Crippen LogP contribution in [-0.4, -0.2) is 30.0 Å². The maximum absolute atomic E-state index is 12.2. The molecule has 1 saturated heterocycles. The Morgan fingerprint density at radius 1 is 1.17 bits per heavy atom. The van der Waals surface area contributed by atoms with E-state index in [0.717, 1.165) is 30.4 Å². The highest BCUT2D eigenvalue weighted by molar-refractivity contribution is 9.10. The molecule has 2 aromatic rings. The van der Waals surface area contributed by atoms with E-state index < -0.39 is 0 Å². The topological polar surface area (TPSA) is 63.2 Å². The van der Waals surface area contributed by atoms with Crippen molar-refractivity contribution in [3.05, 3.63) is 52.6 Å². The Morgan fingerprint density at radius 3 is 2.57 bits per heavy atom. The normalized spacial score (nSPS) is 15.2. The summed E-state index contributed by atoms with van der Waals surface area (Å²) >= 11 is 3.38. The van der Waals surface area contributed by atoms with Gasteiger partial charge in [0.2, 0.25) is 5.88 Å². The molecule has 3 rings (SSSR count). The van der Waals surface area contributed by atoms with E-state index in [2.05, 4.69) is 31.5 Å². The van der Waals surface area contributed by atoms with Crippen LogP contribution in [0.25, 0.3) is 0 Å². The number of carbonyl (C=O) groups excluding carboxylic acids is 1. The van der Waals surface area contributed by atoms with Crippen LogP contribution < -0.4 is 15.4 Å². The van der Waals surface area contributed by atoms with Crippen molar-refractivity contribution in [1.82, 2.24) is 15.6 Å². The van der Waals surface area contributed by atoms with Gasteiger partial charge in [0.25, 0.3) is 5.91 Å². The van der Waals surface area contributed by atoms with Gasteiger partial charge in [0, 0.05) is 22.8 Å².